The van der Waals surface area contributed by atoms with Gasteiger partial charge >= 0.3 is 5.97 Å². The van der Waals surface area contributed by atoms with E-state index in [2.05, 4.69) is 5.32 Å². The zero-order chi connectivity index (χ0) is 13.7. The summed E-state index contributed by atoms with van der Waals surface area (Å²) in [7, 11) is 0. The molecular formula is C13H16NO4-. The molecule has 1 aromatic carbocycles. The molecule has 5 nitrogen and oxygen atoms in total. The molecule has 0 aliphatic heterocycles. The number of carbonyl (C=O) groups excluding carboxylic acids is 1. The standard InChI is InChI=1S/C13H17NO4/c1-3-8(4-2)12(16)14-9-5-6-11(15)10(7-9)13(17)18/h5-8,15H,3-4H2,1-2H3,(H,14,16)(H,17,18)/p-1. The molecule has 18 heavy (non-hydrogen) atoms. The molecule has 0 radical (unpaired) electrons. The van der Waals surface area contributed by atoms with E-state index < -0.39 is 11.7 Å². The highest BCUT2D eigenvalue weighted by Gasteiger charge is 2.14. The third-order valence-corrected chi connectivity index (χ3v) is 2.83. The van der Waals surface area contributed by atoms with Crippen molar-refractivity contribution in [2.24, 2.45) is 5.92 Å². The van der Waals surface area contributed by atoms with E-state index in [1.807, 2.05) is 13.8 Å². The molecule has 0 bridgehead atoms. The van der Waals surface area contributed by atoms with Gasteiger partial charge in [-0.05, 0) is 25.0 Å². The van der Waals surface area contributed by atoms with E-state index >= 15 is 0 Å². The van der Waals surface area contributed by atoms with Crippen molar-refractivity contribution in [1.29, 1.82) is 0 Å². The molecule has 0 aliphatic carbocycles. The van der Waals surface area contributed by atoms with Crippen molar-refractivity contribution in [2.45, 2.75) is 26.7 Å². The summed E-state index contributed by atoms with van der Waals surface area (Å²) in [6.45, 7) is 3.83. The van der Waals surface area contributed by atoms with Gasteiger partial charge in [0.2, 0.25) is 5.91 Å². The lowest BCUT2D eigenvalue weighted by atomic mass is 10.0. The topological polar surface area (TPSA) is 89.5 Å². The SMILES string of the molecule is CCC(CC)C(=O)Nc1ccc([O-])c(C(=O)O)c1. The van der Waals surface area contributed by atoms with Crippen LogP contribution in [-0.2, 0) is 4.79 Å². The third kappa shape index (κ3) is 3.23. The third-order valence-electron chi connectivity index (χ3n) is 2.83. The van der Waals surface area contributed by atoms with Crippen molar-refractivity contribution >= 4 is 17.6 Å². The van der Waals surface area contributed by atoms with E-state index in [1.54, 1.807) is 0 Å². The Bertz CT molecular complexity index is 452. The van der Waals surface area contributed by atoms with Crippen LogP contribution in [0.5, 0.6) is 5.75 Å². The van der Waals surface area contributed by atoms with Crippen LogP contribution in [0.4, 0.5) is 5.69 Å². The largest absolute Gasteiger partial charge is 0.872 e. The normalized spacial score (nSPS) is 10.4. The van der Waals surface area contributed by atoms with Crippen LogP contribution in [0.25, 0.3) is 0 Å². The van der Waals surface area contributed by atoms with Crippen molar-refractivity contribution in [3.05, 3.63) is 23.8 Å². The second-order valence-electron chi connectivity index (χ2n) is 4.02. The summed E-state index contributed by atoms with van der Waals surface area (Å²) in [5.74, 6) is -2.12. The van der Waals surface area contributed by atoms with Crippen LogP contribution >= 0.6 is 0 Å². The molecule has 1 aromatic rings. The summed E-state index contributed by atoms with van der Waals surface area (Å²) >= 11 is 0. The number of carboxylic acids is 1. The molecule has 0 saturated carbocycles. The second-order valence-corrected chi connectivity index (χ2v) is 4.02. The average Bonchev–Trinajstić information content (AvgIpc) is 2.32. The Morgan fingerprint density at radius 1 is 1.33 bits per heavy atom. The number of hydrogen-bond acceptors (Lipinski definition) is 3. The molecule has 5 heteroatoms. The Hall–Kier alpha value is -2.04. The number of carbonyl (C=O) groups is 2. The minimum atomic E-state index is -1.29. The summed E-state index contributed by atoms with van der Waals surface area (Å²) in [6.07, 6.45) is 1.43. The van der Waals surface area contributed by atoms with Gasteiger partial charge in [-0.25, -0.2) is 4.79 Å². The zero-order valence-electron chi connectivity index (χ0n) is 10.4. The van der Waals surface area contributed by atoms with Crippen LogP contribution in [0.2, 0.25) is 0 Å². The Morgan fingerprint density at radius 2 is 1.94 bits per heavy atom. The predicted octanol–water partition coefficient (Wildman–Crippen LogP) is 1.83. The smallest absolute Gasteiger partial charge is 0.335 e. The van der Waals surface area contributed by atoms with Crippen LogP contribution in [0.3, 0.4) is 0 Å². The molecule has 98 valence electrons. The Morgan fingerprint density at radius 3 is 2.44 bits per heavy atom. The van der Waals surface area contributed by atoms with E-state index in [-0.39, 0.29) is 17.4 Å². The lowest BCUT2D eigenvalue weighted by molar-refractivity contribution is -0.268. The van der Waals surface area contributed by atoms with Crippen LogP contribution in [-0.4, -0.2) is 17.0 Å². The first-order valence-electron chi connectivity index (χ1n) is 5.84. The highest BCUT2D eigenvalue weighted by molar-refractivity contribution is 5.96. The van der Waals surface area contributed by atoms with E-state index in [4.69, 9.17) is 5.11 Å². The lowest BCUT2D eigenvalue weighted by Gasteiger charge is -2.15. The maximum atomic E-state index is 11.8. The van der Waals surface area contributed by atoms with Crippen LogP contribution in [0.15, 0.2) is 18.2 Å². The first-order valence-corrected chi connectivity index (χ1v) is 5.84. The van der Waals surface area contributed by atoms with Gasteiger partial charge in [-0.2, -0.15) is 0 Å². The van der Waals surface area contributed by atoms with Gasteiger partial charge in [0.05, 0.1) is 5.56 Å². The monoisotopic (exact) mass is 250 g/mol. The molecule has 1 amide bonds. The lowest BCUT2D eigenvalue weighted by Crippen LogP contribution is -2.21. The van der Waals surface area contributed by atoms with E-state index in [1.165, 1.54) is 12.1 Å². The molecule has 0 aliphatic rings. The van der Waals surface area contributed by atoms with Crippen LogP contribution in [0.1, 0.15) is 37.0 Å². The fourth-order valence-corrected chi connectivity index (χ4v) is 1.68. The van der Waals surface area contributed by atoms with Crippen molar-refractivity contribution in [3.8, 4) is 5.75 Å². The van der Waals surface area contributed by atoms with Crippen molar-refractivity contribution in [1.82, 2.24) is 0 Å². The van der Waals surface area contributed by atoms with Gasteiger partial charge in [0.25, 0.3) is 0 Å². The average molecular weight is 250 g/mol. The molecular weight excluding hydrogens is 234 g/mol. The fourth-order valence-electron chi connectivity index (χ4n) is 1.68. The predicted molar refractivity (Wildman–Crippen MR) is 65.5 cm³/mol. The zero-order valence-corrected chi connectivity index (χ0v) is 10.4. The molecule has 0 atom stereocenters. The van der Waals surface area contributed by atoms with Crippen molar-refractivity contribution < 1.29 is 19.8 Å². The number of rotatable bonds is 5. The molecule has 0 saturated heterocycles. The Kier molecular flexibility index (Phi) is 4.71. The molecule has 2 N–H and O–H groups in total. The molecule has 1 rings (SSSR count). The maximum absolute atomic E-state index is 11.8. The summed E-state index contributed by atoms with van der Waals surface area (Å²) in [5, 5.41) is 22.7. The van der Waals surface area contributed by atoms with E-state index in [0.717, 1.165) is 6.07 Å². The highest BCUT2D eigenvalue weighted by Crippen LogP contribution is 2.20. The van der Waals surface area contributed by atoms with Crippen molar-refractivity contribution in [2.75, 3.05) is 5.32 Å². The van der Waals surface area contributed by atoms with Gasteiger partial charge in [0, 0.05) is 11.6 Å². The second kappa shape index (κ2) is 6.05. The minimum Gasteiger partial charge on any atom is -0.872 e. The number of hydrogen-bond donors (Lipinski definition) is 2. The summed E-state index contributed by atoms with van der Waals surface area (Å²) < 4.78 is 0. The summed E-state index contributed by atoms with van der Waals surface area (Å²) in [4.78, 5) is 22.6. The number of nitrogens with one attached hydrogen (secondary N) is 1. The summed E-state index contributed by atoms with van der Waals surface area (Å²) in [5.41, 5.74) is 0.00115. The Balaban J connectivity index is 2.89. The molecule has 0 heterocycles. The maximum Gasteiger partial charge on any atom is 0.335 e. The van der Waals surface area contributed by atoms with E-state index in [0.29, 0.717) is 18.5 Å². The molecule has 0 aromatic heterocycles. The minimum absolute atomic E-state index is 0.106. The molecule has 0 fully saturated rings. The van der Waals surface area contributed by atoms with Gasteiger partial charge in [-0.15, -0.1) is 0 Å². The van der Waals surface area contributed by atoms with Crippen molar-refractivity contribution in [3.63, 3.8) is 0 Å². The van der Waals surface area contributed by atoms with Gasteiger partial charge in [0.1, 0.15) is 0 Å². The quantitative estimate of drug-likeness (QED) is 0.834. The summed E-state index contributed by atoms with van der Waals surface area (Å²) in [6, 6.07) is 3.74. The van der Waals surface area contributed by atoms with Gasteiger partial charge in [-0.1, -0.05) is 25.7 Å². The number of anilines is 1. The van der Waals surface area contributed by atoms with E-state index in [9.17, 15) is 14.7 Å². The first kappa shape index (κ1) is 14.0. The van der Waals surface area contributed by atoms with Gasteiger partial charge in [-0.3, -0.25) is 4.79 Å². The fraction of sp³-hybridized carbons (Fsp3) is 0.385. The highest BCUT2D eigenvalue weighted by atomic mass is 16.4. The molecule has 0 spiro atoms. The first-order chi connectivity index (χ1) is 8.49. The number of aromatic carboxylic acids is 1. The van der Waals surface area contributed by atoms with Crippen LogP contribution < -0.4 is 10.4 Å². The van der Waals surface area contributed by atoms with Gasteiger partial charge < -0.3 is 15.5 Å². The number of benzene rings is 1. The number of amides is 1. The van der Waals surface area contributed by atoms with Crippen LogP contribution in [0, 0.1) is 5.92 Å². The van der Waals surface area contributed by atoms with Gasteiger partial charge in [0.15, 0.2) is 0 Å². The number of carboxylic acid groups (broad SMARTS) is 1. The molecule has 0 unspecified atom stereocenters. The Labute approximate surface area is 105 Å².